The van der Waals surface area contributed by atoms with E-state index in [9.17, 15) is 26.0 Å². The molecule has 2 atom stereocenters. The molecule has 2 rings (SSSR count). The van der Waals surface area contributed by atoms with Crippen LogP contribution in [-0.2, 0) is 10.0 Å². The molecule has 0 aromatic heterocycles. The Kier molecular flexibility index (Phi) is 4.78. The van der Waals surface area contributed by atoms with Crippen LogP contribution in [-0.4, -0.2) is 31.4 Å². The number of nitrogens with zero attached hydrogens (tertiary/aromatic N) is 1. The maximum atomic E-state index is 13.8. The third-order valence-corrected chi connectivity index (χ3v) is 5.69. The highest BCUT2D eigenvalue weighted by atomic mass is 32.2. The van der Waals surface area contributed by atoms with Crippen molar-refractivity contribution in [2.45, 2.75) is 43.2 Å². The molecule has 1 saturated heterocycles. The lowest BCUT2D eigenvalue weighted by Gasteiger charge is -2.36. The summed E-state index contributed by atoms with van der Waals surface area (Å²) in [6.45, 7) is 1.56. The molecule has 1 heterocycles. The summed E-state index contributed by atoms with van der Waals surface area (Å²) in [4.78, 5) is -1.60. The van der Waals surface area contributed by atoms with Crippen molar-refractivity contribution >= 4 is 10.0 Å². The van der Waals surface area contributed by atoms with E-state index in [0.717, 1.165) is 4.31 Å². The highest BCUT2D eigenvalue weighted by Gasteiger charge is 2.40. The molecule has 4 nitrogen and oxygen atoms in total. The topological polar surface area (TPSA) is 63.4 Å². The molecule has 0 aliphatic carbocycles. The number of piperidine rings is 1. The zero-order valence-electron chi connectivity index (χ0n) is 11.8. The number of benzene rings is 1. The second-order valence-electron chi connectivity index (χ2n) is 5.34. The SMILES string of the molecule is CC(N)C1CCCCN1S(=O)(=O)c1c(F)c(F)cc(F)c1F. The van der Waals surface area contributed by atoms with Crippen LogP contribution in [0.3, 0.4) is 0 Å². The normalized spacial score (nSPS) is 21.8. The predicted octanol–water partition coefficient (Wildman–Crippen LogP) is 2.13. The molecule has 2 N–H and O–H groups in total. The predicted molar refractivity (Wildman–Crippen MR) is 71.5 cm³/mol. The van der Waals surface area contributed by atoms with Crippen molar-refractivity contribution in [2.24, 2.45) is 5.73 Å². The Bertz CT molecular complexity index is 653. The number of nitrogens with two attached hydrogens (primary N) is 1. The van der Waals surface area contributed by atoms with E-state index in [1.165, 1.54) is 0 Å². The van der Waals surface area contributed by atoms with E-state index < -0.39 is 50.3 Å². The first kappa shape index (κ1) is 17.2. The van der Waals surface area contributed by atoms with Gasteiger partial charge in [-0.3, -0.25) is 0 Å². The summed E-state index contributed by atoms with van der Waals surface area (Å²) in [6.07, 6.45) is 1.60. The Labute approximate surface area is 126 Å². The van der Waals surface area contributed by atoms with E-state index in [0.29, 0.717) is 19.3 Å². The van der Waals surface area contributed by atoms with Gasteiger partial charge in [-0.1, -0.05) is 6.42 Å². The third kappa shape index (κ3) is 2.84. The molecule has 2 unspecified atom stereocenters. The summed E-state index contributed by atoms with van der Waals surface area (Å²) >= 11 is 0. The van der Waals surface area contributed by atoms with Crippen LogP contribution in [0.25, 0.3) is 0 Å². The van der Waals surface area contributed by atoms with E-state index in [2.05, 4.69) is 0 Å². The standard InChI is InChI=1S/C13H16F4N2O2S/c1-7(18)10-4-2-3-5-19(10)22(20,21)13-11(16)8(14)6-9(15)12(13)17/h6-7,10H,2-5,18H2,1H3. The lowest BCUT2D eigenvalue weighted by Crippen LogP contribution is -2.51. The van der Waals surface area contributed by atoms with E-state index in [4.69, 9.17) is 5.73 Å². The van der Waals surface area contributed by atoms with Crippen LogP contribution in [0.1, 0.15) is 26.2 Å². The van der Waals surface area contributed by atoms with Crippen molar-refractivity contribution in [1.29, 1.82) is 0 Å². The van der Waals surface area contributed by atoms with E-state index in [-0.39, 0.29) is 12.6 Å². The van der Waals surface area contributed by atoms with Gasteiger partial charge in [0.15, 0.2) is 28.2 Å². The van der Waals surface area contributed by atoms with Crippen LogP contribution in [0, 0.1) is 23.3 Å². The highest BCUT2D eigenvalue weighted by molar-refractivity contribution is 7.89. The summed E-state index contributed by atoms with van der Waals surface area (Å²) in [7, 11) is -4.74. The molecule has 22 heavy (non-hydrogen) atoms. The average Bonchev–Trinajstić information content (AvgIpc) is 2.45. The van der Waals surface area contributed by atoms with E-state index in [1.54, 1.807) is 6.92 Å². The Hall–Kier alpha value is -1.19. The molecule has 1 fully saturated rings. The molecule has 0 bridgehead atoms. The highest BCUT2D eigenvalue weighted by Crippen LogP contribution is 2.31. The maximum Gasteiger partial charge on any atom is 0.249 e. The quantitative estimate of drug-likeness (QED) is 0.677. The molecular formula is C13H16F4N2O2S. The fourth-order valence-electron chi connectivity index (χ4n) is 2.65. The Morgan fingerprint density at radius 2 is 1.73 bits per heavy atom. The van der Waals surface area contributed by atoms with Gasteiger partial charge in [0.1, 0.15) is 0 Å². The Morgan fingerprint density at radius 1 is 1.18 bits per heavy atom. The first-order valence-electron chi connectivity index (χ1n) is 6.78. The second-order valence-corrected chi connectivity index (χ2v) is 7.16. The van der Waals surface area contributed by atoms with Gasteiger partial charge in [0.2, 0.25) is 10.0 Å². The van der Waals surface area contributed by atoms with Gasteiger partial charge in [0.05, 0.1) is 0 Å². The molecule has 0 amide bonds. The van der Waals surface area contributed by atoms with Gasteiger partial charge in [-0.2, -0.15) is 4.31 Å². The minimum absolute atomic E-state index is 0.00838. The summed E-state index contributed by atoms with van der Waals surface area (Å²) in [5.74, 6) is -7.36. The first-order valence-corrected chi connectivity index (χ1v) is 8.22. The minimum Gasteiger partial charge on any atom is -0.326 e. The number of rotatable bonds is 3. The lowest BCUT2D eigenvalue weighted by molar-refractivity contribution is 0.225. The minimum atomic E-state index is -4.74. The molecule has 1 aliphatic rings. The third-order valence-electron chi connectivity index (χ3n) is 3.74. The van der Waals surface area contributed by atoms with Crippen LogP contribution in [0.2, 0.25) is 0 Å². The zero-order valence-corrected chi connectivity index (χ0v) is 12.6. The molecule has 0 saturated carbocycles. The van der Waals surface area contributed by atoms with Crippen molar-refractivity contribution in [2.75, 3.05) is 6.54 Å². The average molecular weight is 340 g/mol. The van der Waals surface area contributed by atoms with Crippen LogP contribution in [0.4, 0.5) is 17.6 Å². The van der Waals surface area contributed by atoms with Crippen molar-refractivity contribution < 1.29 is 26.0 Å². The van der Waals surface area contributed by atoms with Crippen molar-refractivity contribution in [3.63, 3.8) is 0 Å². The van der Waals surface area contributed by atoms with Gasteiger partial charge < -0.3 is 5.73 Å². The van der Waals surface area contributed by atoms with Crippen molar-refractivity contribution in [3.8, 4) is 0 Å². The van der Waals surface area contributed by atoms with Gasteiger partial charge in [0.25, 0.3) is 0 Å². The van der Waals surface area contributed by atoms with Crippen molar-refractivity contribution in [3.05, 3.63) is 29.3 Å². The van der Waals surface area contributed by atoms with Gasteiger partial charge in [-0.15, -0.1) is 0 Å². The van der Waals surface area contributed by atoms with E-state index in [1.807, 2.05) is 0 Å². The molecule has 9 heteroatoms. The molecular weight excluding hydrogens is 324 g/mol. The number of hydrogen-bond donors (Lipinski definition) is 1. The molecule has 0 spiro atoms. The summed E-state index contributed by atoms with van der Waals surface area (Å²) in [6, 6.07) is -1.29. The number of sulfonamides is 1. The number of hydrogen-bond acceptors (Lipinski definition) is 3. The largest absolute Gasteiger partial charge is 0.326 e. The molecule has 1 aromatic carbocycles. The summed E-state index contributed by atoms with van der Waals surface area (Å²) in [5, 5.41) is 0. The fourth-order valence-corrected chi connectivity index (χ4v) is 4.56. The van der Waals surface area contributed by atoms with Crippen LogP contribution in [0.5, 0.6) is 0 Å². The van der Waals surface area contributed by atoms with Crippen molar-refractivity contribution in [1.82, 2.24) is 4.31 Å². The monoisotopic (exact) mass is 340 g/mol. The Balaban J connectivity index is 2.60. The molecule has 0 radical (unpaired) electrons. The van der Waals surface area contributed by atoms with Gasteiger partial charge in [-0.05, 0) is 19.8 Å². The fraction of sp³-hybridized carbons (Fsp3) is 0.538. The number of halogens is 4. The second kappa shape index (κ2) is 6.13. The van der Waals surface area contributed by atoms with Gasteiger partial charge >= 0.3 is 0 Å². The van der Waals surface area contributed by atoms with Crippen LogP contribution < -0.4 is 5.73 Å². The maximum absolute atomic E-state index is 13.8. The van der Waals surface area contributed by atoms with Crippen LogP contribution >= 0.6 is 0 Å². The van der Waals surface area contributed by atoms with Gasteiger partial charge in [0, 0.05) is 24.7 Å². The first-order chi connectivity index (χ1) is 10.2. The zero-order chi connectivity index (χ0) is 16.7. The lowest BCUT2D eigenvalue weighted by atomic mass is 10.00. The molecule has 124 valence electrons. The molecule has 1 aliphatic heterocycles. The summed E-state index contributed by atoms with van der Waals surface area (Å²) < 4.78 is 80.0. The van der Waals surface area contributed by atoms with Gasteiger partial charge in [-0.25, -0.2) is 26.0 Å². The Morgan fingerprint density at radius 3 is 2.23 bits per heavy atom. The van der Waals surface area contributed by atoms with E-state index >= 15 is 0 Å². The van der Waals surface area contributed by atoms with Crippen LogP contribution in [0.15, 0.2) is 11.0 Å². The smallest absolute Gasteiger partial charge is 0.249 e. The molecule has 1 aromatic rings. The summed E-state index contributed by atoms with van der Waals surface area (Å²) in [5.41, 5.74) is 5.73.